The molecule has 0 aromatic carbocycles. The quantitative estimate of drug-likeness (QED) is 0.690. The van der Waals surface area contributed by atoms with Gasteiger partial charge in [-0.3, -0.25) is 9.36 Å². The molecule has 1 atom stereocenters. The molecule has 0 saturated carbocycles. The Labute approximate surface area is 166 Å². The van der Waals surface area contributed by atoms with Crippen molar-refractivity contribution in [2.45, 2.75) is 57.5 Å². The summed E-state index contributed by atoms with van der Waals surface area (Å²) in [7, 11) is 0. The van der Waals surface area contributed by atoms with Gasteiger partial charge in [-0.2, -0.15) is 0 Å². The van der Waals surface area contributed by atoms with Gasteiger partial charge in [0.05, 0.1) is 18.5 Å². The first-order valence-corrected chi connectivity index (χ1v) is 11.0. The highest BCUT2D eigenvalue weighted by Gasteiger charge is 2.28. The Morgan fingerprint density at radius 3 is 2.44 bits per heavy atom. The second kappa shape index (κ2) is 9.28. The van der Waals surface area contributed by atoms with Crippen LogP contribution in [0.4, 0.5) is 5.95 Å². The van der Waals surface area contributed by atoms with Crippen molar-refractivity contribution in [3.63, 3.8) is 0 Å². The summed E-state index contributed by atoms with van der Waals surface area (Å²) < 4.78 is 7.65. The molecule has 3 heterocycles. The van der Waals surface area contributed by atoms with Crippen LogP contribution in [0.15, 0.2) is 5.16 Å². The predicted octanol–water partition coefficient (Wildman–Crippen LogP) is 2.51. The SMILES string of the molecule is CC(C)Cn1c(SC(C)C(=O)N2CCC(C)CC2)nnc1N1CCOCC1. The van der Waals surface area contributed by atoms with Crippen LogP contribution in [-0.4, -0.2) is 70.2 Å². The number of anilines is 1. The number of piperidine rings is 1. The molecule has 0 aliphatic carbocycles. The van der Waals surface area contributed by atoms with Crippen molar-refractivity contribution >= 4 is 23.6 Å². The molecule has 0 spiro atoms. The van der Waals surface area contributed by atoms with Crippen LogP contribution in [-0.2, 0) is 16.1 Å². The highest BCUT2D eigenvalue weighted by atomic mass is 32.2. The minimum absolute atomic E-state index is 0.147. The van der Waals surface area contributed by atoms with Crippen molar-refractivity contribution in [2.24, 2.45) is 11.8 Å². The number of carbonyl (C=O) groups is 1. The molecule has 8 heteroatoms. The molecule has 1 aromatic rings. The van der Waals surface area contributed by atoms with Crippen LogP contribution in [0.25, 0.3) is 0 Å². The molecule has 1 aromatic heterocycles. The summed E-state index contributed by atoms with van der Waals surface area (Å²) in [5.41, 5.74) is 0. The summed E-state index contributed by atoms with van der Waals surface area (Å²) in [5.74, 6) is 2.33. The molecule has 1 unspecified atom stereocenters. The van der Waals surface area contributed by atoms with Crippen LogP contribution in [0, 0.1) is 11.8 Å². The zero-order valence-corrected chi connectivity index (χ0v) is 17.9. The zero-order valence-electron chi connectivity index (χ0n) is 17.1. The van der Waals surface area contributed by atoms with Gasteiger partial charge in [-0.05, 0) is 31.6 Å². The van der Waals surface area contributed by atoms with E-state index in [1.807, 2.05) is 11.8 Å². The maximum absolute atomic E-state index is 12.9. The second-order valence-corrected chi connectivity index (χ2v) is 9.46. The molecular weight excluding hydrogens is 362 g/mol. The maximum atomic E-state index is 12.9. The third kappa shape index (κ3) is 5.16. The number of carbonyl (C=O) groups excluding carboxylic acids is 1. The number of nitrogens with zero attached hydrogens (tertiary/aromatic N) is 5. The van der Waals surface area contributed by atoms with E-state index in [0.717, 1.165) is 75.8 Å². The van der Waals surface area contributed by atoms with Gasteiger partial charge in [0.1, 0.15) is 0 Å². The van der Waals surface area contributed by atoms with Gasteiger partial charge in [0, 0.05) is 32.7 Å². The normalized spacial score (nSPS) is 20.3. The molecule has 27 heavy (non-hydrogen) atoms. The van der Waals surface area contributed by atoms with Gasteiger partial charge in [-0.15, -0.1) is 10.2 Å². The van der Waals surface area contributed by atoms with Gasteiger partial charge < -0.3 is 14.5 Å². The van der Waals surface area contributed by atoms with Crippen LogP contribution in [0.1, 0.15) is 40.5 Å². The van der Waals surface area contributed by atoms with E-state index in [2.05, 4.69) is 40.4 Å². The second-order valence-electron chi connectivity index (χ2n) is 8.15. The Morgan fingerprint density at radius 2 is 1.81 bits per heavy atom. The first-order chi connectivity index (χ1) is 13.0. The van der Waals surface area contributed by atoms with E-state index < -0.39 is 0 Å². The molecular formula is C19H33N5O2S. The number of aromatic nitrogens is 3. The lowest BCUT2D eigenvalue weighted by molar-refractivity contribution is -0.131. The first-order valence-electron chi connectivity index (χ1n) is 10.2. The maximum Gasteiger partial charge on any atom is 0.235 e. The van der Waals surface area contributed by atoms with Crippen LogP contribution in [0.5, 0.6) is 0 Å². The molecule has 2 aliphatic heterocycles. The van der Waals surface area contributed by atoms with Crippen molar-refractivity contribution < 1.29 is 9.53 Å². The van der Waals surface area contributed by atoms with E-state index >= 15 is 0 Å². The minimum Gasteiger partial charge on any atom is -0.378 e. The van der Waals surface area contributed by atoms with Crippen LogP contribution in [0.2, 0.25) is 0 Å². The van der Waals surface area contributed by atoms with Crippen molar-refractivity contribution in [3.8, 4) is 0 Å². The number of likely N-dealkylation sites (tertiary alicyclic amines) is 1. The molecule has 2 saturated heterocycles. The highest BCUT2D eigenvalue weighted by molar-refractivity contribution is 8.00. The topological polar surface area (TPSA) is 63.5 Å². The Hall–Kier alpha value is -1.28. The number of thioether (sulfide) groups is 1. The van der Waals surface area contributed by atoms with Crippen molar-refractivity contribution in [1.82, 2.24) is 19.7 Å². The average Bonchev–Trinajstić information content (AvgIpc) is 3.04. The summed E-state index contributed by atoms with van der Waals surface area (Å²) in [6.45, 7) is 14.4. The van der Waals surface area contributed by atoms with Gasteiger partial charge in [-0.25, -0.2) is 0 Å². The summed E-state index contributed by atoms with van der Waals surface area (Å²) in [4.78, 5) is 17.1. The number of hydrogen-bond acceptors (Lipinski definition) is 6. The third-order valence-corrected chi connectivity index (χ3v) is 6.33. The molecule has 152 valence electrons. The lowest BCUT2D eigenvalue weighted by atomic mass is 9.99. The lowest BCUT2D eigenvalue weighted by Crippen LogP contribution is -2.41. The summed E-state index contributed by atoms with van der Waals surface area (Å²) in [6.07, 6.45) is 2.21. The standard InChI is InChI=1S/C19H33N5O2S/c1-14(2)13-24-18(23-9-11-26-12-10-23)20-21-19(24)27-16(4)17(25)22-7-5-15(3)6-8-22/h14-16H,5-13H2,1-4H3. The van der Waals surface area contributed by atoms with Gasteiger partial charge in [0.25, 0.3) is 0 Å². The number of rotatable bonds is 6. The smallest absolute Gasteiger partial charge is 0.235 e. The molecule has 0 bridgehead atoms. The Morgan fingerprint density at radius 1 is 1.15 bits per heavy atom. The molecule has 1 amide bonds. The van der Waals surface area contributed by atoms with E-state index in [0.29, 0.717) is 5.92 Å². The van der Waals surface area contributed by atoms with Gasteiger partial charge >= 0.3 is 0 Å². The molecule has 0 radical (unpaired) electrons. The van der Waals surface area contributed by atoms with Crippen LogP contribution >= 0.6 is 11.8 Å². The van der Waals surface area contributed by atoms with Crippen molar-refractivity contribution in [2.75, 3.05) is 44.3 Å². The zero-order chi connectivity index (χ0) is 19.4. The monoisotopic (exact) mass is 395 g/mol. The third-order valence-electron chi connectivity index (χ3n) is 5.26. The van der Waals surface area contributed by atoms with E-state index in [1.54, 1.807) is 0 Å². The number of ether oxygens (including phenoxy) is 1. The van der Waals surface area contributed by atoms with Crippen LogP contribution in [0.3, 0.4) is 0 Å². The Balaban J connectivity index is 1.71. The van der Waals surface area contributed by atoms with E-state index in [-0.39, 0.29) is 11.2 Å². The van der Waals surface area contributed by atoms with Gasteiger partial charge in [0.2, 0.25) is 11.9 Å². The molecule has 2 fully saturated rings. The van der Waals surface area contributed by atoms with E-state index in [4.69, 9.17) is 4.74 Å². The summed E-state index contributed by atoms with van der Waals surface area (Å²) >= 11 is 1.54. The summed E-state index contributed by atoms with van der Waals surface area (Å²) in [5, 5.41) is 9.61. The lowest BCUT2D eigenvalue weighted by Gasteiger charge is -2.32. The van der Waals surface area contributed by atoms with E-state index in [1.165, 1.54) is 11.8 Å². The molecule has 2 aliphatic rings. The summed E-state index contributed by atoms with van der Waals surface area (Å²) in [6, 6.07) is 0. The molecule has 3 rings (SSSR count). The number of amides is 1. The highest BCUT2D eigenvalue weighted by Crippen LogP contribution is 2.29. The molecule has 7 nitrogen and oxygen atoms in total. The number of morpholine rings is 1. The largest absolute Gasteiger partial charge is 0.378 e. The Kier molecular flexibility index (Phi) is 7.03. The molecule has 0 N–H and O–H groups in total. The average molecular weight is 396 g/mol. The van der Waals surface area contributed by atoms with Gasteiger partial charge in [0.15, 0.2) is 5.16 Å². The fourth-order valence-electron chi connectivity index (χ4n) is 3.59. The fraction of sp³-hybridized carbons (Fsp3) is 0.842. The predicted molar refractivity (Wildman–Crippen MR) is 108 cm³/mol. The van der Waals surface area contributed by atoms with Gasteiger partial charge in [-0.1, -0.05) is 32.5 Å². The minimum atomic E-state index is -0.147. The van der Waals surface area contributed by atoms with Crippen molar-refractivity contribution in [1.29, 1.82) is 0 Å². The Bertz CT molecular complexity index is 622. The first kappa shape index (κ1) is 20.5. The van der Waals surface area contributed by atoms with Crippen molar-refractivity contribution in [3.05, 3.63) is 0 Å². The fourth-order valence-corrected chi connectivity index (χ4v) is 4.52. The van der Waals surface area contributed by atoms with Crippen LogP contribution < -0.4 is 4.90 Å². The van der Waals surface area contributed by atoms with E-state index in [9.17, 15) is 4.79 Å². The number of hydrogen-bond donors (Lipinski definition) is 0.